The number of anilines is 1. The third-order valence-corrected chi connectivity index (χ3v) is 7.37. The van der Waals surface area contributed by atoms with Crippen molar-refractivity contribution in [3.8, 4) is 5.75 Å². The Morgan fingerprint density at radius 2 is 2.00 bits per heavy atom. The van der Waals surface area contributed by atoms with Gasteiger partial charge in [-0.1, -0.05) is 13.3 Å². The molecule has 2 heterocycles. The number of sulfonamides is 1. The second-order valence-corrected chi connectivity index (χ2v) is 9.33. The number of rotatable bonds is 7. The molecule has 0 bridgehead atoms. The number of piperidine rings is 1. The van der Waals surface area contributed by atoms with Crippen LogP contribution in [0.25, 0.3) is 0 Å². The fraction of sp³-hybridized carbons (Fsp3) is 0.650. The molecule has 29 heavy (non-hydrogen) atoms. The van der Waals surface area contributed by atoms with Crippen molar-refractivity contribution in [1.82, 2.24) is 9.21 Å². The molecule has 1 amide bonds. The smallest absolute Gasteiger partial charge is 0.246 e. The van der Waals surface area contributed by atoms with E-state index in [1.807, 2.05) is 0 Å². The van der Waals surface area contributed by atoms with Crippen molar-refractivity contribution in [1.29, 1.82) is 0 Å². The van der Waals surface area contributed by atoms with E-state index in [1.165, 1.54) is 17.5 Å². The Morgan fingerprint density at radius 3 is 2.69 bits per heavy atom. The minimum Gasteiger partial charge on any atom is -0.495 e. The summed E-state index contributed by atoms with van der Waals surface area (Å²) in [5.74, 6) is 0.179. The molecule has 0 saturated carbocycles. The van der Waals surface area contributed by atoms with Crippen molar-refractivity contribution in [3.63, 3.8) is 0 Å². The van der Waals surface area contributed by atoms with E-state index in [9.17, 15) is 13.2 Å². The monoisotopic (exact) mass is 425 g/mol. The number of amides is 1. The van der Waals surface area contributed by atoms with Gasteiger partial charge in [0.25, 0.3) is 0 Å². The van der Waals surface area contributed by atoms with E-state index in [1.54, 1.807) is 12.1 Å². The van der Waals surface area contributed by atoms with Crippen molar-refractivity contribution in [3.05, 3.63) is 18.2 Å². The zero-order valence-corrected chi connectivity index (χ0v) is 18.0. The minimum absolute atomic E-state index is 0.0637. The number of benzene rings is 1. The third kappa shape index (κ3) is 5.09. The summed E-state index contributed by atoms with van der Waals surface area (Å²) in [5.41, 5.74) is 0.463. The number of carbonyl (C=O) groups is 1. The molecule has 0 spiro atoms. The van der Waals surface area contributed by atoms with Gasteiger partial charge in [-0.15, -0.1) is 0 Å². The van der Waals surface area contributed by atoms with Crippen LogP contribution < -0.4 is 10.1 Å². The van der Waals surface area contributed by atoms with Gasteiger partial charge in [-0.25, -0.2) is 8.42 Å². The Bertz CT molecular complexity index is 806. The quantitative estimate of drug-likeness (QED) is 0.718. The Labute approximate surface area is 173 Å². The lowest BCUT2D eigenvalue weighted by Crippen LogP contribution is -2.47. The molecule has 0 radical (unpaired) electrons. The summed E-state index contributed by atoms with van der Waals surface area (Å²) in [6, 6.07) is 4.59. The maximum Gasteiger partial charge on any atom is 0.246 e. The summed E-state index contributed by atoms with van der Waals surface area (Å²) >= 11 is 0. The summed E-state index contributed by atoms with van der Waals surface area (Å²) in [6.45, 7) is 5.25. The van der Waals surface area contributed by atoms with Crippen molar-refractivity contribution < 1.29 is 22.7 Å². The molecule has 1 aromatic rings. The summed E-state index contributed by atoms with van der Waals surface area (Å²) in [4.78, 5) is 15.2. The first kappa shape index (κ1) is 22.0. The maximum absolute atomic E-state index is 13.1. The van der Waals surface area contributed by atoms with Gasteiger partial charge in [0.1, 0.15) is 10.6 Å². The second-order valence-electron chi connectivity index (χ2n) is 7.42. The van der Waals surface area contributed by atoms with E-state index >= 15 is 0 Å². The number of likely N-dealkylation sites (tertiary alicyclic amines) is 1. The van der Waals surface area contributed by atoms with Crippen LogP contribution in [0.1, 0.15) is 32.6 Å². The SMILES string of the molecule is CCCN1CCCCC1C(=O)Nc1ccc(OC)c(S(=O)(=O)N2CCOCC2)c1. The average molecular weight is 426 g/mol. The van der Waals surface area contributed by atoms with Crippen LogP contribution in [0.5, 0.6) is 5.75 Å². The Hall–Kier alpha value is -1.68. The predicted octanol–water partition coefficient (Wildman–Crippen LogP) is 1.92. The first-order valence-corrected chi connectivity index (χ1v) is 11.7. The number of nitrogens with zero attached hydrogens (tertiary/aromatic N) is 2. The van der Waals surface area contributed by atoms with E-state index in [4.69, 9.17) is 9.47 Å². The molecule has 8 nitrogen and oxygen atoms in total. The number of morpholine rings is 1. The molecule has 2 aliphatic heterocycles. The van der Waals surface area contributed by atoms with Crippen molar-refractivity contribution in [2.45, 2.75) is 43.5 Å². The lowest BCUT2D eigenvalue weighted by Gasteiger charge is -2.34. The standard InChI is InChI=1S/C20H31N3O5S/c1-3-9-22-10-5-4-6-17(22)20(24)21-16-7-8-18(27-2)19(15-16)29(25,26)23-11-13-28-14-12-23/h7-8,15,17H,3-6,9-14H2,1-2H3,(H,21,24). The van der Waals surface area contributed by atoms with Crippen LogP contribution in [0.2, 0.25) is 0 Å². The van der Waals surface area contributed by atoms with Gasteiger partial charge in [0.05, 0.1) is 26.4 Å². The van der Waals surface area contributed by atoms with E-state index in [2.05, 4.69) is 17.1 Å². The van der Waals surface area contributed by atoms with Crippen LogP contribution in [-0.2, 0) is 19.6 Å². The molecule has 0 aromatic heterocycles. The Kier molecular flexibility index (Phi) is 7.50. The maximum atomic E-state index is 13.1. The summed E-state index contributed by atoms with van der Waals surface area (Å²) in [5, 5.41) is 2.92. The van der Waals surface area contributed by atoms with Crippen LogP contribution in [0, 0.1) is 0 Å². The summed E-state index contributed by atoms with van der Waals surface area (Å²) < 4.78 is 38.2. The highest BCUT2D eigenvalue weighted by Crippen LogP contribution is 2.30. The second kappa shape index (κ2) is 9.88. The number of ether oxygens (including phenoxy) is 2. The van der Waals surface area contributed by atoms with E-state index < -0.39 is 10.0 Å². The van der Waals surface area contributed by atoms with Gasteiger partial charge < -0.3 is 14.8 Å². The first-order valence-electron chi connectivity index (χ1n) is 10.3. The fourth-order valence-corrected chi connectivity index (χ4v) is 5.54. The van der Waals surface area contributed by atoms with Gasteiger partial charge >= 0.3 is 0 Å². The summed E-state index contributed by atoms with van der Waals surface area (Å²) in [7, 11) is -2.30. The van der Waals surface area contributed by atoms with Crippen molar-refractivity contribution >= 4 is 21.6 Å². The molecule has 2 fully saturated rings. The van der Waals surface area contributed by atoms with Gasteiger partial charge in [-0.2, -0.15) is 4.31 Å². The highest BCUT2D eigenvalue weighted by molar-refractivity contribution is 7.89. The van der Waals surface area contributed by atoms with Gasteiger partial charge in [0.15, 0.2) is 0 Å². The average Bonchev–Trinajstić information content (AvgIpc) is 2.75. The molecule has 3 rings (SSSR count). The molecular weight excluding hydrogens is 394 g/mol. The zero-order chi connectivity index (χ0) is 20.9. The molecule has 1 unspecified atom stereocenters. The van der Waals surface area contributed by atoms with E-state index in [0.717, 1.165) is 38.8 Å². The normalized spacial score (nSPS) is 21.7. The Morgan fingerprint density at radius 1 is 1.24 bits per heavy atom. The molecule has 1 N–H and O–H groups in total. The number of hydrogen-bond donors (Lipinski definition) is 1. The van der Waals surface area contributed by atoms with Crippen molar-refractivity contribution in [2.75, 3.05) is 51.8 Å². The van der Waals surface area contributed by atoms with Gasteiger partial charge in [0, 0.05) is 18.8 Å². The molecule has 9 heteroatoms. The number of methoxy groups -OCH3 is 1. The first-order chi connectivity index (χ1) is 14.0. The van der Waals surface area contributed by atoms with Crippen LogP contribution in [0.15, 0.2) is 23.1 Å². The van der Waals surface area contributed by atoms with Gasteiger partial charge in [-0.3, -0.25) is 9.69 Å². The molecule has 0 aliphatic carbocycles. The largest absolute Gasteiger partial charge is 0.495 e. The molecule has 162 valence electrons. The highest BCUT2D eigenvalue weighted by atomic mass is 32.2. The van der Waals surface area contributed by atoms with Crippen LogP contribution in [-0.4, -0.2) is 76.1 Å². The Balaban J connectivity index is 1.82. The van der Waals surface area contributed by atoms with Crippen LogP contribution >= 0.6 is 0 Å². The van der Waals surface area contributed by atoms with Crippen LogP contribution in [0.4, 0.5) is 5.69 Å². The highest BCUT2D eigenvalue weighted by Gasteiger charge is 2.31. The molecule has 1 aromatic carbocycles. The summed E-state index contributed by atoms with van der Waals surface area (Å²) in [6.07, 6.45) is 3.95. The fourth-order valence-electron chi connectivity index (χ4n) is 3.95. The number of nitrogens with one attached hydrogen (secondary N) is 1. The van der Waals surface area contributed by atoms with E-state index in [-0.39, 0.29) is 22.6 Å². The molecule has 2 saturated heterocycles. The number of carbonyl (C=O) groups excluding carboxylic acids is 1. The zero-order valence-electron chi connectivity index (χ0n) is 17.2. The molecular formula is C20H31N3O5S. The lowest BCUT2D eigenvalue weighted by molar-refractivity contribution is -0.122. The molecule has 2 aliphatic rings. The lowest BCUT2D eigenvalue weighted by atomic mass is 10.0. The third-order valence-electron chi connectivity index (χ3n) is 5.45. The molecule has 1 atom stereocenters. The predicted molar refractivity (Wildman–Crippen MR) is 111 cm³/mol. The van der Waals surface area contributed by atoms with Gasteiger partial charge in [0.2, 0.25) is 15.9 Å². The van der Waals surface area contributed by atoms with Crippen LogP contribution in [0.3, 0.4) is 0 Å². The minimum atomic E-state index is -3.74. The topological polar surface area (TPSA) is 88.2 Å². The van der Waals surface area contributed by atoms with E-state index in [0.29, 0.717) is 32.0 Å². The van der Waals surface area contributed by atoms with Gasteiger partial charge in [-0.05, 0) is 50.6 Å². The number of hydrogen-bond acceptors (Lipinski definition) is 6. The van der Waals surface area contributed by atoms with Crippen molar-refractivity contribution in [2.24, 2.45) is 0 Å².